The normalized spacial score (nSPS) is 18.6. The summed E-state index contributed by atoms with van der Waals surface area (Å²) >= 11 is 3.57. The van der Waals surface area contributed by atoms with Crippen molar-refractivity contribution < 1.29 is 0 Å². The van der Waals surface area contributed by atoms with Crippen LogP contribution in [0.1, 0.15) is 57.6 Å². The first-order valence-electron chi connectivity index (χ1n) is 7.24. The van der Waals surface area contributed by atoms with Crippen LogP contribution in [0.5, 0.6) is 0 Å². The quantitative estimate of drug-likeness (QED) is 0.741. The van der Waals surface area contributed by atoms with E-state index in [1.54, 1.807) is 0 Å². The van der Waals surface area contributed by atoms with Gasteiger partial charge in [-0.25, -0.2) is 0 Å². The standard InChI is InChI=1S/C16H24BrN/c1-3-15(10-12-8-9-12)18-16(4-2)13-6-5-7-14(17)11-13/h5-7,11-12,15-16,18H,3-4,8-10H2,1-2H3. The Kier molecular flexibility index (Phi) is 5.25. The van der Waals surface area contributed by atoms with Crippen molar-refractivity contribution in [2.24, 2.45) is 5.92 Å². The molecule has 0 bridgehead atoms. The third-order valence-electron chi connectivity index (χ3n) is 3.90. The molecule has 2 unspecified atom stereocenters. The molecule has 0 aliphatic heterocycles. The van der Waals surface area contributed by atoms with Gasteiger partial charge in [-0.2, -0.15) is 0 Å². The Morgan fingerprint density at radius 3 is 2.61 bits per heavy atom. The van der Waals surface area contributed by atoms with Crippen molar-refractivity contribution in [3.63, 3.8) is 0 Å². The van der Waals surface area contributed by atoms with E-state index in [1.807, 2.05) is 0 Å². The van der Waals surface area contributed by atoms with E-state index in [9.17, 15) is 0 Å². The fourth-order valence-electron chi connectivity index (χ4n) is 2.57. The molecular formula is C16H24BrN. The van der Waals surface area contributed by atoms with Crippen molar-refractivity contribution in [3.05, 3.63) is 34.3 Å². The monoisotopic (exact) mass is 309 g/mol. The van der Waals surface area contributed by atoms with E-state index in [2.05, 4.69) is 59.4 Å². The highest BCUT2D eigenvalue weighted by Crippen LogP contribution is 2.34. The minimum atomic E-state index is 0.492. The lowest BCUT2D eigenvalue weighted by Crippen LogP contribution is -2.32. The van der Waals surface area contributed by atoms with E-state index in [-0.39, 0.29) is 0 Å². The highest BCUT2D eigenvalue weighted by molar-refractivity contribution is 9.10. The first-order chi connectivity index (χ1) is 8.72. The van der Waals surface area contributed by atoms with Crippen molar-refractivity contribution in [2.75, 3.05) is 0 Å². The van der Waals surface area contributed by atoms with E-state index in [0.717, 1.165) is 12.3 Å². The number of hydrogen-bond donors (Lipinski definition) is 1. The highest BCUT2D eigenvalue weighted by atomic mass is 79.9. The van der Waals surface area contributed by atoms with E-state index in [4.69, 9.17) is 0 Å². The maximum atomic E-state index is 3.85. The molecule has 1 aromatic carbocycles. The largest absolute Gasteiger partial charge is 0.307 e. The second-order valence-corrected chi connectivity index (χ2v) is 6.38. The molecule has 18 heavy (non-hydrogen) atoms. The van der Waals surface area contributed by atoms with Gasteiger partial charge in [0.25, 0.3) is 0 Å². The maximum absolute atomic E-state index is 3.85. The Bertz CT molecular complexity index is 373. The molecule has 0 heterocycles. The SMILES string of the molecule is CCC(CC1CC1)NC(CC)c1cccc(Br)c1. The summed E-state index contributed by atoms with van der Waals surface area (Å²) in [5.74, 6) is 1.00. The van der Waals surface area contributed by atoms with Crippen LogP contribution in [0.2, 0.25) is 0 Å². The molecule has 1 saturated carbocycles. The van der Waals surface area contributed by atoms with Gasteiger partial charge in [0.2, 0.25) is 0 Å². The van der Waals surface area contributed by atoms with E-state index in [0.29, 0.717) is 12.1 Å². The predicted octanol–water partition coefficient (Wildman–Crippen LogP) is 5.07. The van der Waals surface area contributed by atoms with Gasteiger partial charge in [0.05, 0.1) is 0 Å². The topological polar surface area (TPSA) is 12.0 Å². The molecule has 1 fully saturated rings. The fourth-order valence-corrected chi connectivity index (χ4v) is 2.98. The minimum Gasteiger partial charge on any atom is -0.307 e. The maximum Gasteiger partial charge on any atom is 0.0320 e. The minimum absolute atomic E-state index is 0.492. The molecule has 0 saturated heterocycles. The molecule has 0 amide bonds. The van der Waals surface area contributed by atoms with Gasteiger partial charge in [0.15, 0.2) is 0 Å². The van der Waals surface area contributed by atoms with E-state index < -0.39 is 0 Å². The van der Waals surface area contributed by atoms with Crippen LogP contribution in [0.25, 0.3) is 0 Å². The van der Waals surface area contributed by atoms with Crippen molar-refractivity contribution in [1.29, 1.82) is 0 Å². The highest BCUT2D eigenvalue weighted by Gasteiger charge is 2.25. The molecule has 0 radical (unpaired) electrons. The van der Waals surface area contributed by atoms with Crippen molar-refractivity contribution in [2.45, 2.75) is 58.0 Å². The summed E-state index contributed by atoms with van der Waals surface area (Å²) in [7, 11) is 0. The van der Waals surface area contributed by atoms with Gasteiger partial charge in [0.1, 0.15) is 0 Å². The summed E-state index contributed by atoms with van der Waals surface area (Å²) in [6, 6.07) is 9.87. The average molecular weight is 310 g/mol. The first kappa shape index (κ1) is 14.1. The number of halogens is 1. The number of benzene rings is 1. The molecule has 2 atom stereocenters. The van der Waals surface area contributed by atoms with Crippen LogP contribution in [-0.4, -0.2) is 6.04 Å². The number of nitrogens with one attached hydrogen (secondary N) is 1. The van der Waals surface area contributed by atoms with Crippen LogP contribution in [0.3, 0.4) is 0 Å². The molecule has 1 N–H and O–H groups in total. The summed E-state index contributed by atoms with van der Waals surface area (Å²) in [5.41, 5.74) is 1.40. The van der Waals surface area contributed by atoms with Crippen LogP contribution >= 0.6 is 15.9 Å². The van der Waals surface area contributed by atoms with Crippen LogP contribution in [-0.2, 0) is 0 Å². The van der Waals surface area contributed by atoms with Gasteiger partial charge >= 0.3 is 0 Å². The molecule has 1 aliphatic carbocycles. The lowest BCUT2D eigenvalue weighted by atomic mass is 10.0. The number of hydrogen-bond acceptors (Lipinski definition) is 1. The third-order valence-corrected chi connectivity index (χ3v) is 4.40. The Labute approximate surface area is 119 Å². The molecule has 2 rings (SSSR count). The van der Waals surface area contributed by atoms with Gasteiger partial charge in [-0.15, -0.1) is 0 Å². The fraction of sp³-hybridized carbons (Fsp3) is 0.625. The van der Waals surface area contributed by atoms with Gasteiger partial charge in [-0.1, -0.05) is 54.8 Å². The molecule has 1 nitrogen and oxygen atoms in total. The van der Waals surface area contributed by atoms with Gasteiger partial charge in [-0.05, 0) is 42.9 Å². The zero-order valence-corrected chi connectivity index (χ0v) is 13.0. The molecular weight excluding hydrogens is 286 g/mol. The van der Waals surface area contributed by atoms with Gasteiger partial charge in [0, 0.05) is 16.6 Å². The Balaban J connectivity index is 1.98. The summed E-state index contributed by atoms with van der Waals surface area (Å²) in [6.45, 7) is 4.57. The molecule has 0 aromatic heterocycles. The van der Waals surface area contributed by atoms with Crippen LogP contribution < -0.4 is 5.32 Å². The summed E-state index contributed by atoms with van der Waals surface area (Å²) in [6.07, 6.45) is 6.65. The summed E-state index contributed by atoms with van der Waals surface area (Å²) < 4.78 is 1.18. The zero-order valence-electron chi connectivity index (χ0n) is 11.5. The van der Waals surface area contributed by atoms with E-state index >= 15 is 0 Å². The van der Waals surface area contributed by atoms with Crippen molar-refractivity contribution >= 4 is 15.9 Å². The summed E-state index contributed by atoms with van der Waals surface area (Å²) in [5, 5.41) is 3.85. The lowest BCUT2D eigenvalue weighted by Gasteiger charge is -2.25. The van der Waals surface area contributed by atoms with Crippen LogP contribution in [0.4, 0.5) is 0 Å². The second-order valence-electron chi connectivity index (χ2n) is 5.47. The molecule has 100 valence electrons. The molecule has 1 aromatic rings. The lowest BCUT2D eigenvalue weighted by molar-refractivity contribution is 0.383. The zero-order chi connectivity index (χ0) is 13.0. The Hall–Kier alpha value is -0.340. The number of rotatable bonds is 7. The molecule has 1 aliphatic rings. The van der Waals surface area contributed by atoms with Gasteiger partial charge in [-0.3, -0.25) is 0 Å². The first-order valence-corrected chi connectivity index (χ1v) is 8.03. The molecule has 0 spiro atoms. The molecule has 2 heteroatoms. The second kappa shape index (κ2) is 6.72. The Morgan fingerprint density at radius 2 is 2.06 bits per heavy atom. The average Bonchev–Trinajstić information content (AvgIpc) is 3.18. The predicted molar refractivity (Wildman–Crippen MR) is 81.7 cm³/mol. The Morgan fingerprint density at radius 1 is 1.28 bits per heavy atom. The third kappa shape index (κ3) is 4.10. The smallest absolute Gasteiger partial charge is 0.0320 e. The van der Waals surface area contributed by atoms with E-state index in [1.165, 1.54) is 35.7 Å². The van der Waals surface area contributed by atoms with Gasteiger partial charge < -0.3 is 5.32 Å². The van der Waals surface area contributed by atoms with Crippen LogP contribution in [0, 0.1) is 5.92 Å². The van der Waals surface area contributed by atoms with Crippen molar-refractivity contribution in [3.8, 4) is 0 Å². The van der Waals surface area contributed by atoms with Crippen molar-refractivity contribution in [1.82, 2.24) is 5.32 Å². The summed E-state index contributed by atoms with van der Waals surface area (Å²) in [4.78, 5) is 0. The van der Waals surface area contributed by atoms with Crippen LogP contribution in [0.15, 0.2) is 28.7 Å².